The number of nitrogens with one attached hydrogen (secondary N) is 2. The van der Waals surface area contributed by atoms with Gasteiger partial charge in [-0.1, -0.05) is 36.4 Å². The van der Waals surface area contributed by atoms with E-state index in [2.05, 4.69) is 20.6 Å². The zero-order chi connectivity index (χ0) is 20.1. The minimum atomic E-state index is -0.358. The standard InChI is InChI=1S/C23H20N4O2/c1-29-21-13-10-17-15-18(11-12-19(17)26-21)25-23(28)27-22(16-7-3-2-4-8-16)20-9-5-6-14-24-20/h2-15,22H,1H3,(H2,25,27,28). The van der Waals surface area contributed by atoms with Gasteiger partial charge >= 0.3 is 6.03 Å². The van der Waals surface area contributed by atoms with E-state index in [0.29, 0.717) is 11.6 Å². The van der Waals surface area contributed by atoms with Crippen molar-refractivity contribution in [3.63, 3.8) is 0 Å². The summed E-state index contributed by atoms with van der Waals surface area (Å²) in [5.74, 6) is 0.553. The van der Waals surface area contributed by atoms with E-state index in [-0.39, 0.29) is 12.1 Å². The molecule has 2 aromatic heterocycles. The van der Waals surface area contributed by atoms with Crippen molar-refractivity contribution in [2.45, 2.75) is 6.04 Å². The number of hydrogen-bond donors (Lipinski definition) is 2. The summed E-state index contributed by atoms with van der Waals surface area (Å²) in [6, 6.07) is 24.0. The fourth-order valence-corrected chi connectivity index (χ4v) is 3.12. The highest BCUT2D eigenvalue weighted by Crippen LogP contribution is 2.22. The van der Waals surface area contributed by atoms with Crippen LogP contribution in [0.4, 0.5) is 10.5 Å². The van der Waals surface area contributed by atoms with E-state index in [0.717, 1.165) is 22.2 Å². The number of carbonyl (C=O) groups excluding carboxylic acids is 1. The Morgan fingerprint density at radius 1 is 0.966 bits per heavy atom. The van der Waals surface area contributed by atoms with Gasteiger partial charge in [0.15, 0.2) is 0 Å². The van der Waals surface area contributed by atoms with Gasteiger partial charge in [-0.25, -0.2) is 9.78 Å². The average Bonchev–Trinajstić information content (AvgIpc) is 2.78. The Labute approximate surface area is 168 Å². The second-order valence-corrected chi connectivity index (χ2v) is 6.46. The summed E-state index contributed by atoms with van der Waals surface area (Å²) in [5, 5.41) is 6.82. The van der Waals surface area contributed by atoms with Crippen LogP contribution in [0.15, 0.2) is 85.1 Å². The van der Waals surface area contributed by atoms with Crippen LogP contribution in [0.3, 0.4) is 0 Å². The number of fused-ring (bicyclic) bond motifs is 1. The zero-order valence-corrected chi connectivity index (χ0v) is 15.9. The number of benzene rings is 2. The third-order valence-electron chi connectivity index (χ3n) is 4.52. The molecule has 0 radical (unpaired) electrons. The predicted molar refractivity (Wildman–Crippen MR) is 113 cm³/mol. The minimum absolute atomic E-state index is 0.315. The molecule has 6 nitrogen and oxygen atoms in total. The molecule has 4 rings (SSSR count). The maximum absolute atomic E-state index is 12.7. The third-order valence-corrected chi connectivity index (χ3v) is 4.52. The molecule has 0 fully saturated rings. The first-order valence-electron chi connectivity index (χ1n) is 9.21. The summed E-state index contributed by atoms with van der Waals surface area (Å²) in [4.78, 5) is 21.5. The first kappa shape index (κ1) is 18.4. The first-order chi connectivity index (χ1) is 14.2. The highest BCUT2D eigenvalue weighted by molar-refractivity contribution is 5.93. The molecule has 2 N–H and O–H groups in total. The van der Waals surface area contributed by atoms with Crippen molar-refractivity contribution in [1.82, 2.24) is 15.3 Å². The van der Waals surface area contributed by atoms with Crippen molar-refractivity contribution in [3.8, 4) is 5.88 Å². The van der Waals surface area contributed by atoms with Crippen molar-refractivity contribution < 1.29 is 9.53 Å². The highest BCUT2D eigenvalue weighted by Gasteiger charge is 2.18. The fourth-order valence-electron chi connectivity index (χ4n) is 3.12. The van der Waals surface area contributed by atoms with Crippen LogP contribution in [0, 0.1) is 0 Å². The molecule has 29 heavy (non-hydrogen) atoms. The number of nitrogens with zero attached hydrogens (tertiary/aromatic N) is 2. The van der Waals surface area contributed by atoms with Gasteiger partial charge in [0.2, 0.25) is 5.88 Å². The van der Waals surface area contributed by atoms with Crippen molar-refractivity contribution in [3.05, 3.63) is 96.3 Å². The Bertz CT molecular complexity index is 1080. The number of rotatable bonds is 5. The van der Waals surface area contributed by atoms with Crippen molar-refractivity contribution in [1.29, 1.82) is 0 Å². The molecule has 0 bridgehead atoms. The molecule has 0 saturated heterocycles. The smallest absolute Gasteiger partial charge is 0.320 e. The largest absolute Gasteiger partial charge is 0.481 e. The lowest BCUT2D eigenvalue weighted by Crippen LogP contribution is -2.33. The topological polar surface area (TPSA) is 76.1 Å². The normalized spacial score (nSPS) is 11.6. The Morgan fingerprint density at radius 2 is 1.79 bits per heavy atom. The van der Waals surface area contributed by atoms with Crippen LogP contribution in [-0.4, -0.2) is 23.1 Å². The van der Waals surface area contributed by atoms with Gasteiger partial charge in [-0.3, -0.25) is 4.98 Å². The summed E-state index contributed by atoms with van der Waals surface area (Å²) in [7, 11) is 1.58. The molecule has 144 valence electrons. The second kappa shape index (κ2) is 8.39. The molecule has 2 heterocycles. The van der Waals surface area contributed by atoms with Crippen LogP contribution in [-0.2, 0) is 0 Å². The summed E-state index contributed by atoms with van der Waals surface area (Å²) in [6.07, 6.45) is 1.72. The van der Waals surface area contributed by atoms with E-state index in [9.17, 15) is 4.79 Å². The molecule has 2 amide bonds. The molecule has 4 aromatic rings. The molecular weight excluding hydrogens is 364 g/mol. The minimum Gasteiger partial charge on any atom is -0.481 e. The van der Waals surface area contributed by atoms with Crippen molar-refractivity contribution in [2.24, 2.45) is 0 Å². The van der Waals surface area contributed by atoms with Crippen LogP contribution >= 0.6 is 0 Å². The number of amides is 2. The molecule has 0 spiro atoms. The fraction of sp³-hybridized carbons (Fsp3) is 0.0870. The van der Waals surface area contributed by atoms with Gasteiger partial charge < -0.3 is 15.4 Å². The van der Waals surface area contributed by atoms with Crippen LogP contribution in [0.5, 0.6) is 5.88 Å². The summed E-state index contributed by atoms with van der Waals surface area (Å²) in [6.45, 7) is 0. The van der Waals surface area contributed by atoms with E-state index < -0.39 is 0 Å². The third kappa shape index (κ3) is 4.32. The van der Waals surface area contributed by atoms with Gasteiger partial charge in [0, 0.05) is 23.3 Å². The van der Waals surface area contributed by atoms with Crippen LogP contribution in [0.1, 0.15) is 17.3 Å². The predicted octanol–water partition coefficient (Wildman–Crippen LogP) is 4.55. The number of carbonyl (C=O) groups is 1. The van der Waals surface area contributed by atoms with Gasteiger partial charge in [-0.15, -0.1) is 0 Å². The monoisotopic (exact) mass is 384 g/mol. The van der Waals surface area contributed by atoms with Crippen LogP contribution < -0.4 is 15.4 Å². The van der Waals surface area contributed by atoms with Gasteiger partial charge in [0.1, 0.15) is 0 Å². The van der Waals surface area contributed by atoms with E-state index in [1.165, 1.54) is 0 Å². The summed E-state index contributed by atoms with van der Waals surface area (Å²) < 4.78 is 5.15. The maximum Gasteiger partial charge on any atom is 0.320 e. The van der Waals surface area contributed by atoms with Gasteiger partial charge in [0.05, 0.1) is 24.4 Å². The number of ether oxygens (including phenoxy) is 1. The molecule has 0 saturated carbocycles. The molecule has 0 aliphatic carbocycles. The van der Waals surface area contributed by atoms with E-state index in [4.69, 9.17) is 4.74 Å². The zero-order valence-electron chi connectivity index (χ0n) is 15.9. The van der Waals surface area contributed by atoms with Gasteiger partial charge in [-0.2, -0.15) is 0 Å². The van der Waals surface area contributed by atoms with Gasteiger partial charge in [-0.05, 0) is 42.0 Å². The molecule has 1 atom stereocenters. The van der Waals surface area contributed by atoms with E-state index in [1.54, 1.807) is 19.4 Å². The second-order valence-electron chi connectivity index (χ2n) is 6.46. The number of aromatic nitrogens is 2. The lowest BCUT2D eigenvalue weighted by atomic mass is 10.0. The molecule has 1 unspecified atom stereocenters. The average molecular weight is 384 g/mol. The Kier molecular flexibility index (Phi) is 5.33. The Morgan fingerprint density at radius 3 is 2.55 bits per heavy atom. The maximum atomic E-state index is 12.7. The molecule has 6 heteroatoms. The molecule has 0 aliphatic heterocycles. The van der Waals surface area contributed by atoms with Crippen molar-refractivity contribution >= 4 is 22.6 Å². The van der Waals surface area contributed by atoms with Crippen LogP contribution in [0.25, 0.3) is 10.9 Å². The SMILES string of the molecule is COc1ccc2cc(NC(=O)NC(c3ccccc3)c3ccccn3)ccc2n1. The highest BCUT2D eigenvalue weighted by atomic mass is 16.5. The number of methoxy groups -OCH3 is 1. The number of urea groups is 1. The molecule has 0 aliphatic rings. The summed E-state index contributed by atoms with van der Waals surface area (Å²) >= 11 is 0. The Hall–Kier alpha value is -3.93. The van der Waals surface area contributed by atoms with E-state index in [1.807, 2.05) is 72.8 Å². The quantitative estimate of drug-likeness (QED) is 0.529. The van der Waals surface area contributed by atoms with Crippen molar-refractivity contribution in [2.75, 3.05) is 12.4 Å². The number of anilines is 1. The lowest BCUT2D eigenvalue weighted by Gasteiger charge is -2.19. The lowest BCUT2D eigenvalue weighted by molar-refractivity contribution is 0.250. The molecule has 2 aromatic carbocycles. The van der Waals surface area contributed by atoms with E-state index >= 15 is 0 Å². The Balaban J connectivity index is 1.54. The van der Waals surface area contributed by atoms with Crippen LogP contribution in [0.2, 0.25) is 0 Å². The summed E-state index contributed by atoms with van der Waals surface area (Å²) in [5.41, 5.74) is 3.19. The van der Waals surface area contributed by atoms with Gasteiger partial charge in [0.25, 0.3) is 0 Å². The number of hydrogen-bond acceptors (Lipinski definition) is 4. The molecular formula is C23H20N4O2. The first-order valence-corrected chi connectivity index (χ1v) is 9.21. The number of pyridine rings is 2.